The molecule has 1 saturated heterocycles. The standard InChI is InChI=1S/C8H14N2O6/c1-3(12)9-5-7(14)6(13)4(2-11)16-8(5)10-15/h4-7,11,13-15H,2H2,1H3,(H,9,12)/b10-8-/t4?,5?,6-,7?/m1/s1. The molecule has 0 aromatic heterocycles. The molecule has 0 spiro atoms. The van der Waals surface area contributed by atoms with Crippen molar-refractivity contribution < 1.29 is 30.1 Å². The first-order chi connectivity index (χ1) is 7.51. The Morgan fingerprint density at radius 3 is 2.56 bits per heavy atom. The van der Waals surface area contributed by atoms with Gasteiger partial charge in [0.1, 0.15) is 18.2 Å². The van der Waals surface area contributed by atoms with Crippen molar-refractivity contribution in [1.82, 2.24) is 5.32 Å². The van der Waals surface area contributed by atoms with Gasteiger partial charge in [0, 0.05) is 6.92 Å². The number of nitrogens with one attached hydrogen (secondary N) is 1. The van der Waals surface area contributed by atoms with Crippen molar-refractivity contribution in [3.05, 3.63) is 0 Å². The van der Waals surface area contributed by atoms with Gasteiger partial charge in [-0.3, -0.25) is 4.79 Å². The summed E-state index contributed by atoms with van der Waals surface area (Å²) in [5.74, 6) is -0.838. The maximum Gasteiger partial charge on any atom is 0.251 e. The summed E-state index contributed by atoms with van der Waals surface area (Å²) in [6.07, 6.45) is -3.89. The first-order valence-corrected chi connectivity index (χ1v) is 4.64. The van der Waals surface area contributed by atoms with Gasteiger partial charge < -0.3 is 30.6 Å². The number of carbonyl (C=O) groups is 1. The topological polar surface area (TPSA) is 132 Å². The Labute approximate surface area is 91.1 Å². The quantitative estimate of drug-likeness (QED) is 0.263. The summed E-state index contributed by atoms with van der Waals surface area (Å²) in [5.41, 5.74) is 0. The highest BCUT2D eigenvalue weighted by Crippen LogP contribution is 2.17. The number of nitrogens with zero attached hydrogens (tertiary/aromatic N) is 1. The lowest BCUT2D eigenvalue weighted by Crippen LogP contribution is -2.62. The van der Waals surface area contributed by atoms with Crippen LogP contribution in [0.4, 0.5) is 0 Å². The minimum atomic E-state index is -1.42. The molecule has 0 saturated carbocycles. The van der Waals surface area contributed by atoms with Crippen LogP contribution in [-0.2, 0) is 9.53 Å². The number of aliphatic hydroxyl groups is 3. The fraction of sp³-hybridized carbons (Fsp3) is 0.750. The fourth-order valence-electron chi connectivity index (χ4n) is 1.46. The van der Waals surface area contributed by atoms with Crippen LogP contribution < -0.4 is 5.32 Å². The van der Waals surface area contributed by atoms with Crippen molar-refractivity contribution in [1.29, 1.82) is 0 Å². The number of rotatable bonds is 2. The van der Waals surface area contributed by atoms with E-state index >= 15 is 0 Å². The van der Waals surface area contributed by atoms with E-state index in [4.69, 9.17) is 15.1 Å². The van der Waals surface area contributed by atoms with Crippen molar-refractivity contribution >= 4 is 11.8 Å². The van der Waals surface area contributed by atoms with Crippen LogP contribution in [0.5, 0.6) is 0 Å². The predicted octanol–water partition coefficient (Wildman–Crippen LogP) is -2.61. The Morgan fingerprint density at radius 2 is 2.12 bits per heavy atom. The summed E-state index contributed by atoms with van der Waals surface area (Å²) in [4.78, 5) is 10.8. The Balaban J connectivity index is 2.86. The molecule has 0 aromatic rings. The van der Waals surface area contributed by atoms with Gasteiger partial charge in [0.2, 0.25) is 5.91 Å². The minimum Gasteiger partial charge on any atom is -0.468 e. The van der Waals surface area contributed by atoms with Gasteiger partial charge in [-0.05, 0) is 0 Å². The highest BCUT2D eigenvalue weighted by atomic mass is 16.6. The van der Waals surface area contributed by atoms with Crippen molar-refractivity contribution in [3.8, 4) is 0 Å². The van der Waals surface area contributed by atoms with Gasteiger partial charge in [-0.1, -0.05) is 5.16 Å². The maximum atomic E-state index is 10.8. The van der Waals surface area contributed by atoms with Crippen LogP contribution >= 0.6 is 0 Å². The molecule has 1 rings (SSSR count). The number of carbonyl (C=O) groups excluding carboxylic acids is 1. The minimum absolute atomic E-state index is 0.355. The number of hydrogen-bond donors (Lipinski definition) is 5. The van der Waals surface area contributed by atoms with E-state index in [1.807, 2.05) is 0 Å². The molecule has 0 aliphatic carbocycles. The van der Waals surface area contributed by atoms with Crippen molar-refractivity contribution in [2.45, 2.75) is 31.3 Å². The number of hydrogen-bond acceptors (Lipinski definition) is 7. The lowest BCUT2D eigenvalue weighted by molar-refractivity contribution is -0.126. The van der Waals surface area contributed by atoms with Gasteiger partial charge in [0.15, 0.2) is 6.10 Å². The zero-order chi connectivity index (χ0) is 12.3. The molecule has 3 unspecified atom stereocenters. The van der Waals surface area contributed by atoms with Gasteiger partial charge in [-0.2, -0.15) is 0 Å². The summed E-state index contributed by atoms with van der Waals surface area (Å²) < 4.78 is 4.91. The van der Waals surface area contributed by atoms with E-state index in [0.717, 1.165) is 0 Å². The molecule has 92 valence electrons. The molecule has 8 nitrogen and oxygen atoms in total. The molecular weight excluding hydrogens is 220 g/mol. The number of oxime groups is 1. The van der Waals surface area contributed by atoms with Gasteiger partial charge in [0.25, 0.3) is 5.90 Å². The van der Waals surface area contributed by atoms with Crippen LogP contribution in [0.25, 0.3) is 0 Å². The number of ether oxygens (including phenoxy) is 1. The monoisotopic (exact) mass is 234 g/mol. The van der Waals surface area contributed by atoms with E-state index < -0.39 is 36.9 Å². The molecule has 5 N–H and O–H groups in total. The van der Waals surface area contributed by atoms with E-state index in [1.165, 1.54) is 6.92 Å². The number of amides is 1. The third kappa shape index (κ3) is 2.40. The Kier molecular flexibility index (Phi) is 4.05. The van der Waals surface area contributed by atoms with E-state index in [9.17, 15) is 15.0 Å². The Hall–Kier alpha value is -1.38. The molecule has 16 heavy (non-hydrogen) atoms. The average Bonchev–Trinajstić information content (AvgIpc) is 2.25. The first-order valence-electron chi connectivity index (χ1n) is 4.64. The summed E-state index contributed by atoms with van der Waals surface area (Å²) in [7, 11) is 0. The Morgan fingerprint density at radius 1 is 1.50 bits per heavy atom. The fourth-order valence-corrected chi connectivity index (χ4v) is 1.46. The van der Waals surface area contributed by atoms with Crippen LogP contribution in [-0.4, -0.2) is 63.3 Å². The third-order valence-electron chi connectivity index (χ3n) is 2.25. The van der Waals surface area contributed by atoms with E-state index in [2.05, 4.69) is 10.5 Å². The third-order valence-corrected chi connectivity index (χ3v) is 2.25. The Bertz CT molecular complexity index is 294. The van der Waals surface area contributed by atoms with E-state index in [-0.39, 0.29) is 5.90 Å². The summed E-state index contributed by atoms with van der Waals surface area (Å²) in [6, 6.07) is -1.14. The van der Waals surface area contributed by atoms with Crippen LogP contribution in [0.15, 0.2) is 5.16 Å². The summed E-state index contributed by atoms with van der Waals surface area (Å²) >= 11 is 0. The van der Waals surface area contributed by atoms with Crippen LogP contribution in [0.1, 0.15) is 6.92 Å². The number of aliphatic hydroxyl groups excluding tert-OH is 3. The molecule has 1 fully saturated rings. The highest BCUT2D eigenvalue weighted by molar-refractivity contribution is 5.88. The van der Waals surface area contributed by atoms with Gasteiger partial charge >= 0.3 is 0 Å². The second kappa shape index (κ2) is 5.10. The second-order valence-corrected chi connectivity index (χ2v) is 3.44. The molecule has 1 aliphatic heterocycles. The van der Waals surface area contributed by atoms with E-state index in [0.29, 0.717) is 0 Å². The zero-order valence-electron chi connectivity index (χ0n) is 8.57. The van der Waals surface area contributed by atoms with Crippen molar-refractivity contribution in [2.24, 2.45) is 5.16 Å². The molecule has 1 amide bonds. The molecule has 0 bridgehead atoms. The van der Waals surface area contributed by atoms with Gasteiger partial charge in [-0.15, -0.1) is 0 Å². The van der Waals surface area contributed by atoms with E-state index in [1.54, 1.807) is 0 Å². The van der Waals surface area contributed by atoms with Gasteiger partial charge in [-0.25, -0.2) is 0 Å². The van der Waals surface area contributed by atoms with Crippen LogP contribution in [0.2, 0.25) is 0 Å². The molecule has 0 radical (unpaired) electrons. The summed E-state index contributed by atoms with van der Waals surface area (Å²) in [6.45, 7) is 0.649. The predicted molar refractivity (Wildman–Crippen MR) is 50.8 cm³/mol. The molecule has 4 atom stereocenters. The van der Waals surface area contributed by atoms with Crippen LogP contribution in [0.3, 0.4) is 0 Å². The lowest BCUT2D eigenvalue weighted by Gasteiger charge is -2.37. The lowest BCUT2D eigenvalue weighted by atomic mass is 9.97. The molecular formula is C8H14N2O6. The second-order valence-electron chi connectivity index (χ2n) is 3.44. The SMILES string of the molecule is CC(=O)NC1/C(=N/O)OC(CO)[C@@H](O)C1O. The first kappa shape index (κ1) is 12.7. The van der Waals surface area contributed by atoms with Crippen molar-refractivity contribution in [3.63, 3.8) is 0 Å². The maximum absolute atomic E-state index is 10.8. The largest absolute Gasteiger partial charge is 0.468 e. The average molecular weight is 234 g/mol. The summed E-state index contributed by atoms with van der Waals surface area (Å²) in [5, 5.41) is 41.6. The molecule has 8 heteroatoms. The van der Waals surface area contributed by atoms with Gasteiger partial charge in [0.05, 0.1) is 6.61 Å². The van der Waals surface area contributed by atoms with Crippen molar-refractivity contribution in [2.75, 3.05) is 6.61 Å². The molecule has 1 heterocycles. The smallest absolute Gasteiger partial charge is 0.251 e. The van der Waals surface area contributed by atoms with Crippen LogP contribution in [0, 0.1) is 0 Å². The highest BCUT2D eigenvalue weighted by Gasteiger charge is 2.43. The normalized spacial score (nSPS) is 36.9. The molecule has 1 aliphatic rings. The molecule has 0 aromatic carbocycles. The zero-order valence-corrected chi connectivity index (χ0v) is 8.57.